The summed E-state index contributed by atoms with van der Waals surface area (Å²) in [5, 5.41) is 6.32. The maximum absolute atomic E-state index is 12.6. The van der Waals surface area contributed by atoms with Gasteiger partial charge in [-0.2, -0.15) is 0 Å². The first-order valence-corrected chi connectivity index (χ1v) is 6.75. The van der Waals surface area contributed by atoms with Gasteiger partial charge in [0.25, 0.3) is 0 Å². The Kier molecular flexibility index (Phi) is 4.10. The Bertz CT molecular complexity index is 451. The fraction of sp³-hybridized carbons (Fsp3) is 0.533. The maximum atomic E-state index is 12.6. The number of hydrogen-bond donors (Lipinski definition) is 2. The van der Waals surface area contributed by atoms with E-state index in [-0.39, 0.29) is 11.3 Å². The Labute approximate surface area is 114 Å². The second-order valence-electron chi connectivity index (χ2n) is 5.39. The van der Waals surface area contributed by atoms with Crippen LogP contribution in [0.5, 0.6) is 5.75 Å². The molecule has 1 saturated heterocycles. The topological polar surface area (TPSA) is 50.4 Å². The predicted molar refractivity (Wildman–Crippen MR) is 76.4 cm³/mol. The molecular weight excluding hydrogens is 240 g/mol. The average Bonchev–Trinajstić information content (AvgIpc) is 2.90. The van der Waals surface area contributed by atoms with Crippen LogP contribution in [0.1, 0.15) is 20.3 Å². The Hall–Kier alpha value is -1.55. The van der Waals surface area contributed by atoms with Crippen LogP contribution in [0.3, 0.4) is 0 Å². The number of benzene rings is 1. The molecule has 1 unspecified atom stereocenters. The second kappa shape index (κ2) is 5.61. The lowest BCUT2D eigenvalue weighted by Crippen LogP contribution is -2.42. The molecule has 1 fully saturated rings. The summed E-state index contributed by atoms with van der Waals surface area (Å²) in [5.41, 5.74) is 0.419. The molecule has 4 heteroatoms. The molecule has 1 aromatic rings. The van der Waals surface area contributed by atoms with E-state index in [1.165, 1.54) is 0 Å². The number of methoxy groups -OCH3 is 1. The molecule has 4 nitrogen and oxygen atoms in total. The summed E-state index contributed by atoms with van der Waals surface area (Å²) in [6, 6.07) is 7.51. The van der Waals surface area contributed by atoms with Crippen LogP contribution in [0.15, 0.2) is 24.3 Å². The van der Waals surface area contributed by atoms with Gasteiger partial charge in [0, 0.05) is 6.54 Å². The van der Waals surface area contributed by atoms with Gasteiger partial charge in [0.2, 0.25) is 5.91 Å². The van der Waals surface area contributed by atoms with Crippen LogP contribution < -0.4 is 15.4 Å². The Balaban J connectivity index is 2.20. The molecule has 104 valence electrons. The van der Waals surface area contributed by atoms with Gasteiger partial charge in [0.15, 0.2) is 0 Å². The van der Waals surface area contributed by atoms with E-state index in [1.54, 1.807) is 7.11 Å². The summed E-state index contributed by atoms with van der Waals surface area (Å²) in [6.45, 7) is 5.85. The molecule has 0 aromatic heterocycles. The number of carbonyl (C=O) groups is 1. The molecule has 1 heterocycles. The summed E-state index contributed by atoms with van der Waals surface area (Å²) in [7, 11) is 1.61. The highest BCUT2D eigenvalue weighted by atomic mass is 16.5. The van der Waals surface area contributed by atoms with Gasteiger partial charge in [-0.25, -0.2) is 0 Å². The fourth-order valence-corrected chi connectivity index (χ4v) is 2.65. The zero-order chi connectivity index (χ0) is 13.9. The number of carbonyl (C=O) groups excluding carboxylic acids is 1. The van der Waals surface area contributed by atoms with Gasteiger partial charge in [0.1, 0.15) is 5.75 Å². The van der Waals surface area contributed by atoms with E-state index >= 15 is 0 Å². The van der Waals surface area contributed by atoms with Crippen LogP contribution in [0, 0.1) is 11.3 Å². The molecular formula is C15H22N2O2. The number of anilines is 1. The molecule has 1 aliphatic heterocycles. The monoisotopic (exact) mass is 262 g/mol. The molecule has 2 rings (SSSR count). The Morgan fingerprint density at radius 2 is 2.16 bits per heavy atom. The minimum Gasteiger partial charge on any atom is -0.495 e. The van der Waals surface area contributed by atoms with E-state index in [0.717, 1.165) is 25.2 Å². The summed E-state index contributed by atoms with van der Waals surface area (Å²) in [4.78, 5) is 12.6. The van der Waals surface area contributed by atoms with Gasteiger partial charge < -0.3 is 15.4 Å². The van der Waals surface area contributed by atoms with Crippen molar-refractivity contribution in [3.8, 4) is 5.75 Å². The van der Waals surface area contributed by atoms with Gasteiger partial charge in [-0.1, -0.05) is 26.0 Å². The highest BCUT2D eigenvalue weighted by molar-refractivity contribution is 5.97. The van der Waals surface area contributed by atoms with E-state index in [0.29, 0.717) is 11.7 Å². The minimum atomic E-state index is -0.319. The Morgan fingerprint density at radius 1 is 1.42 bits per heavy atom. The van der Waals surface area contributed by atoms with Crippen molar-refractivity contribution in [2.24, 2.45) is 11.3 Å². The van der Waals surface area contributed by atoms with Crippen molar-refractivity contribution in [2.75, 3.05) is 25.5 Å². The summed E-state index contributed by atoms with van der Waals surface area (Å²) in [5.74, 6) is 1.08. The number of nitrogens with one attached hydrogen (secondary N) is 2. The summed E-state index contributed by atoms with van der Waals surface area (Å²) >= 11 is 0. The van der Waals surface area contributed by atoms with Crippen molar-refractivity contribution in [3.63, 3.8) is 0 Å². The first-order valence-electron chi connectivity index (χ1n) is 6.75. The molecule has 0 aliphatic carbocycles. The standard InChI is InChI=1S/C15H22N2O2/c1-11(2)15(8-9-16-10-15)14(18)17-12-6-4-5-7-13(12)19-3/h4-7,11,16H,8-10H2,1-3H3,(H,17,18). The summed E-state index contributed by atoms with van der Waals surface area (Å²) < 4.78 is 5.27. The molecule has 1 amide bonds. The van der Waals surface area contributed by atoms with E-state index in [1.807, 2.05) is 24.3 Å². The Morgan fingerprint density at radius 3 is 2.74 bits per heavy atom. The lowest BCUT2D eigenvalue weighted by atomic mass is 9.75. The van der Waals surface area contributed by atoms with Gasteiger partial charge in [-0.3, -0.25) is 4.79 Å². The van der Waals surface area contributed by atoms with Crippen LogP contribution >= 0.6 is 0 Å². The molecule has 0 radical (unpaired) electrons. The van der Waals surface area contributed by atoms with Crippen molar-refractivity contribution >= 4 is 11.6 Å². The molecule has 1 aliphatic rings. The molecule has 1 aromatic carbocycles. The smallest absolute Gasteiger partial charge is 0.232 e. The minimum absolute atomic E-state index is 0.0806. The molecule has 1 atom stereocenters. The van der Waals surface area contributed by atoms with Gasteiger partial charge in [-0.05, 0) is 31.0 Å². The van der Waals surface area contributed by atoms with Gasteiger partial charge in [-0.15, -0.1) is 0 Å². The summed E-state index contributed by atoms with van der Waals surface area (Å²) in [6.07, 6.45) is 0.881. The second-order valence-corrected chi connectivity index (χ2v) is 5.39. The van der Waals surface area contributed by atoms with E-state index in [4.69, 9.17) is 4.74 Å². The number of rotatable bonds is 4. The molecule has 0 bridgehead atoms. The molecule has 19 heavy (non-hydrogen) atoms. The van der Waals surface area contributed by atoms with E-state index in [9.17, 15) is 4.79 Å². The lowest BCUT2D eigenvalue weighted by molar-refractivity contribution is -0.126. The largest absolute Gasteiger partial charge is 0.495 e. The van der Waals surface area contributed by atoms with E-state index in [2.05, 4.69) is 24.5 Å². The average molecular weight is 262 g/mol. The van der Waals surface area contributed by atoms with Crippen molar-refractivity contribution < 1.29 is 9.53 Å². The fourth-order valence-electron chi connectivity index (χ4n) is 2.65. The van der Waals surface area contributed by atoms with Gasteiger partial charge in [0.05, 0.1) is 18.2 Å². The first kappa shape index (κ1) is 13.9. The first-order chi connectivity index (χ1) is 9.10. The third-order valence-electron chi connectivity index (χ3n) is 4.10. The van der Waals surface area contributed by atoms with Crippen LogP contribution in [0.25, 0.3) is 0 Å². The van der Waals surface area contributed by atoms with Crippen molar-refractivity contribution in [3.05, 3.63) is 24.3 Å². The maximum Gasteiger partial charge on any atom is 0.232 e. The third kappa shape index (κ3) is 2.59. The highest BCUT2D eigenvalue weighted by Gasteiger charge is 2.44. The molecule has 2 N–H and O–H groups in total. The zero-order valence-corrected chi connectivity index (χ0v) is 11.8. The number of hydrogen-bond acceptors (Lipinski definition) is 3. The predicted octanol–water partition coefficient (Wildman–Crippen LogP) is 2.27. The van der Waals surface area contributed by atoms with Crippen LogP contribution in [0.2, 0.25) is 0 Å². The number of amides is 1. The third-order valence-corrected chi connectivity index (χ3v) is 4.10. The van der Waals surface area contributed by atoms with E-state index < -0.39 is 0 Å². The normalized spacial score (nSPS) is 22.5. The quantitative estimate of drug-likeness (QED) is 0.875. The molecule has 0 spiro atoms. The van der Waals surface area contributed by atoms with Crippen LogP contribution in [0.4, 0.5) is 5.69 Å². The zero-order valence-electron chi connectivity index (χ0n) is 11.8. The van der Waals surface area contributed by atoms with Crippen LogP contribution in [-0.2, 0) is 4.79 Å². The van der Waals surface area contributed by atoms with Crippen molar-refractivity contribution in [1.82, 2.24) is 5.32 Å². The number of ether oxygens (including phenoxy) is 1. The highest BCUT2D eigenvalue weighted by Crippen LogP contribution is 2.36. The SMILES string of the molecule is COc1ccccc1NC(=O)C1(C(C)C)CCNC1. The van der Waals surface area contributed by atoms with Crippen molar-refractivity contribution in [1.29, 1.82) is 0 Å². The molecule has 0 saturated carbocycles. The van der Waals surface area contributed by atoms with Gasteiger partial charge >= 0.3 is 0 Å². The lowest BCUT2D eigenvalue weighted by Gasteiger charge is -2.31. The van der Waals surface area contributed by atoms with Crippen molar-refractivity contribution in [2.45, 2.75) is 20.3 Å². The van der Waals surface area contributed by atoms with Crippen LogP contribution in [-0.4, -0.2) is 26.1 Å². The number of para-hydroxylation sites is 2.